The van der Waals surface area contributed by atoms with Gasteiger partial charge in [0.05, 0.1) is 6.10 Å². The Bertz CT molecular complexity index is 403. The maximum atomic E-state index is 13.4. The lowest BCUT2D eigenvalue weighted by atomic mass is 10.0. The van der Waals surface area contributed by atoms with E-state index in [9.17, 15) is 9.50 Å². The number of benzene rings is 1. The lowest BCUT2D eigenvalue weighted by molar-refractivity contribution is 0.145. The average molecular weight is 266 g/mol. The minimum Gasteiger partial charge on any atom is -0.393 e. The second-order valence-electron chi connectivity index (χ2n) is 5.17. The summed E-state index contributed by atoms with van der Waals surface area (Å²) in [6, 6.07) is 4.99. The zero-order valence-corrected chi connectivity index (χ0v) is 11.5. The molecule has 2 N–H and O–H groups in total. The molecular formula is C15H23FN2O. The van der Waals surface area contributed by atoms with Crippen LogP contribution in [0.1, 0.15) is 31.7 Å². The van der Waals surface area contributed by atoms with Gasteiger partial charge in [-0.15, -0.1) is 0 Å². The normalized spacial score (nSPS) is 16.9. The Labute approximate surface area is 114 Å². The number of aliphatic hydroxyl groups excluding tert-OH is 1. The molecule has 0 spiro atoms. The first-order chi connectivity index (χ1) is 9.20. The number of rotatable bonds is 5. The van der Waals surface area contributed by atoms with Crippen LogP contribution in [0.3, 0.4) is 0 Å². The molecule has 2 rings (SSSR count). The second kappa shape index (κ2) is 6.87. The van der Waals surface area contributed by atoms with Crippen molar-refractivity contribution >= 4 is 5.69 Å². The van der Waals surface area contributed by atoms with Crippen LogP contribution in [-0.4, -0.2) is 30.8 Å². The Hall–Kier alpha value is -1.13. The fourth-order valence-corrected chi connectivity index (χ4v) is 2.51. The lowest BCUT2D eigenvalue weighted by Crippen LogP contribution is -2.36. The summed E-state index contributed by atoms with van der Waals surface area (Å²) in [5.74, 6) is -0.186. The van der Waals surface area contributed by atoms with Gasteiger partial charge in [0, 0.05) is 25.3 Å². The highest BCUT2D eigenvalue weighted by Gasteiger charge is 2.19. The molecule has 1 aliphatic heterocycles. The number of piperidine rings is 1. The molecule has 0 saturated carbocycles. The van der Waals surface area contributed by atoms with Crippen LogP contribution in [0.25, 0.3) is 0 Å². The third kappa shape index (κ3) is 3.91. The molecule has 0 atom stereocenters. The van der Waals surface area contributed by atoms with Gasteiger partial charge in [-0.25, -0.2) is 4.39 Å². The van der Waals surface area contributed by atoms with Crippen molar-refractivity contribution in [3.8, 4) is 0 Å². The van der Waals surface area contributed by atoms with Gasteiger partial charge >= 0.3 is 0 Å². The van der Waals surface area contributed by atoms with E-state index in [2.05, 4.69) is 17.1 Å². The quantitative estimate of drug-likeness (QED) is 0.803. The van der Waals surface area contributed by atoms with Gasteiger partial charge in [-0.05, 0) is 49.6 Å². The molecule has 0 bridgehead atoms. The number of halogens is 1. The average Bonchev–Trinajstić information content (AvgIpc) is 2.41. The summed E-state index contributed by atoms with van der Waals surface area (Å²) in [6.07, 6.45) is 2.47. The van der Waals surface area contributed by atoms with Gasteiger partial charge in [0.2, 0.25) is 0 Å². The third-order valence-corrected chi connectivity index (χ3v) is 3.59. The lowest BCUT2D eigenvalue weighted by Gasteiger charge is -2.33. The van der Waals surface area contributed by atoms with Gasteiger partial charge in [0.15, 0.2) is 0 Å². The molecule has 0 radical (unpaired) electrons. The first-order valence-electron chi connectivity index (χ1n) is 7.13. The van der Waals surface area contributed by atoms with E-state index >= 15 is 0 Å². The Morgan fingerprint density at radius 1 is 1.37 bits per heavy atom. The fourth-order valence-electron chi connectivity index (χ4n) is 2.51. The molecule has 4 heteroatoms. The monoisotopic (exact) mass is 266 g/mol. The van der Waals surface area contributed by atoms with E-state index in [4.69, 9.17) is 0 Å². The van der Waals surface area contributed by atoms with Gasteiger partial charge in [-0.3, -0.25) is 0 Å². The summed E-state index contributed by atoms with van der Waals surface area (Å²) in [5, 5.41) is 12.9. The smallest absolute Gasteiger partial charge is 0.123 e. The molecule has 0 unspecified atom stereocenters. The van der Waals surface area contributed by atoms with Crippen molar-refractivity contribution in [2.45, 2.75) is 38.8 Å². The number of anilines is 1. The summed E-state index contributed by atoms with van der Waals surface area (Å²) in [7, 11) is 0. The molecule has 1 fully saturated rings. The van der Waals surface area contributed by atoms with E-state index in [-0.39, 0.29) is 11.9 Å². The topological polar surface area (TPSA) is 35.5 Å². The van der Waals surface area contributed by atoms with Gasteiger partial charge in [0.1, 0.15) is 5.82 Å². The van der Waals surface area contributed by atoms with Crippen LogP contribution < -0.4 is 10.2 Å². The van der Waals surface area contributed by atoms with Gasteiger partial charge in [0.25, 0.3) is 0 Å². The van der Waals surface area contributed by atoms with Crippen LogP contribution in [0.15, 0.2) is 18.2 Å². The van der Waals surface area contributed by atoms with E-state index in [0.29, 0.717) is 6.54 Å². The SMILES string of the molecule is CCCNCc1cc(F)ccc1N1CCC(O)CC1. The molecule has 0 amide bonds. The van der Waals surface area contributed by atoms with Crippen LogP contribution in [0.5, 0.6) is 0 Å². The van der Waals surface area contributed by atoms with Crippen molar-refractivity contribution in [2.75, 3.05) is 24.5 Å². The van der Waals surface area contributed by atoms with E-state index in [0.717, 1.165) is 50.1 Å². The predicted octanol–water partition coefficient (Wildman–Crippen LogP) is 2.29. The molecule has 1 aliphatic rings. The van der Waals surface area contributed by atoms with Crippen LogP contribution in [-0.2, 0) is 6.54 Å². The second-order valence-corrected chi connectivity index (χ2v) is 5.17. The highest BCUT2D eigenvalue weighted by molar-refractivity contribution is 5.54. The highest BCUT2D eigenvalue weighted by Crippen LogP contribution is 2.25. The fraction of sp³-hybridized carbons (Fsp3) is 0.600. The molecule has 1 saturated heterocycles. The number of aliphatic hydroxyl groups is 1. The summed E-state index contributed by atoms with van der Waals surface area (Å²) >= 11 is 0. The van der Waals surface area contributed by atoms with Crippen molar-refractivity contribution in [3.05, 3.63) is 29.6 Å². The third-order valence-electron chi connectivity index (χ3n) is 3.59. The summed E-state index contributed by atoms with van der Waals surface area (Å²) in [4.78, 5) is 2.25. The van der Waals surface area contributed by atoms with Crippen LogP contribution >= 0.6 is 0 Å². The first kappa shape index (κ1) is 14.3. The molecule has 0 aliphatic carbocycles. The zero-order chi connectivity index (χ0) is 13.7. The first-order valence-corrected chi connectivity index (χ1v) is 7.13. The van der Waals surface area contributed by atoms with Gasteiger partial charge < -0.3 is 15.3 Å². The molecule has 1 aromatic rings. The predicted molar refractivity (Wildman–Crippen MR) is 75.9 cm³/mol. The number of nitrogens with one attached hydrogen (secondary N) is 1. The minimum absolute atomic E-state index is 0.182. The highest BCUT2D eigenvalue weighted by atomic mass is 19.1. The Morgan fingerprint density at radius 3 is 2.79 bits per heavy atom. The molecule has 19 heavy (non-hydrogen) atoms. The minimum atomic E-state index is -0.186. The van der Waals surface area contributed by atoms with E-state index in [1.54, 1.807) is 6.07 Å². The Balaban J connectivity index is 2.09. The largest absolute Gasteiger partial charge is 0.393 e. The summed E-state index contributed by atoms with van der Waals surface area (Å²) < 4.78 is 13.4. The van der Waals surface area contributed by atoms with E-state index in [1.165, 1.54) is 6.07 Å². The summed E-state index contributed by atoms with van der Waals surface area (Å²) in [5.41, 5.74) is 2.10. The van der Waals surface area contributed by atoms with Crippen LogP contribution in [0.4, 0.5) is 10.1 Å². The van der Waals surface area contributed by atoms with Gasteiger partial charge in [-0.1, -0.05) is 6.92 Å². The zero-order valence-electron chi connectivity index (χ0n) is 11.5. The van der Waals surface area contributed by atoms with Crippen molar-refractivity contribution in [3.63, 3.8) is 0 Å². The molecule has 1 aromatic carbocycles. The standard InChI is InChI=1S/C15H23FN2O/c1-2-7-17-11-12-10-13(16)3-4-15(12)18-8-5-14(19)6-9-18/h3-4,10,14,17,19H,2,5-9,11H2,1H3. The van der Waals surface area contributed by atoms with E-state index in [1.807, 2.05) is 6.07 Å². The van der Waals surface area contributed by atoms with Crippen LogP contribution in [0, 0.1) is 5.82 Å². The maximum Gasteiger partial charge on any atom is 0.123 e. The Kier molecular flexibility index (Phi) is 5.16. The molecule has 0 aromatic heterocycles. The van der Waals surface area contributed by atoms with Crippen molar-refractivity contribution in [1.29, 1.82) is 0 Å². The van der Waals surface area contributed by atoms with Crippen molar-refractivity contribution in [1.82, 2.24) is 5.32 Å². The number of hydrogen-bond acceptors (Lipinski definition) is 3. The number of hydrogen-bond donors (Lipinski definition) is 2. The van der Waals surface area contributed by atoms with Crippen LogP contribution in [0.2, 0.25) is 0 Å². The molecule has 3 nitrogen and oxygen atoms in total. The molecule has 1 heterocycles. The van der Waals surface area contributed by atoms with Crippen molar-refractivity contribution < 1.29 is 9.50 Å². The molecular weight excluding hydrogens is 243 g/mol. The summed E-state index contributed by atoms with van der Waals surface area (Å²) in [6.45, 7) is 5.43. The number of nitrogens with zero attached hydrogens (tertiary/aromatic N) is 1. The van der Waals surface area contributed by atoms with Crippen molar-refractivity contribution in [2.24, 2.45) is 0 Å². The van der Waals surface area contributed by atoms with E-state index < -0.39 is 0 Å². The maximum absolute atomic E-state index is 13.4. The Morgan fingerprint density at radius 2 is 2.11 bits per heavy atom. The molecule has 106 valence electrons. The van der Waals surface area contributed by atoms with Gasteiger partial charge in [-0.2, -0.15) is 0 Å².